The van der Waals surface area contributed by atoms with Crippen LogP contribution >= 0.6 is 0 Å². The second kappa shape index (κ2) is 5.56. The molecule has 0 aliphatic carbocycles. The number of hydrogen-bond donors (Lipinski definition) is 1. The molecule has 0 saturated heterocycles. The van der Waals surface area contributed by atoms with E-state index in [4.69, 9.17) is 9.47 Å². The van der Waals surface area contributed by atoms with Gasteiger partial charge < -0.3 is 14.6 Å². The standard InChI is InChI=1S/C18H17NO3/c1-11-4-5-12(8-16(11)20)14-6-7-19-15-9-13(21-2)10-17(22-3)18(14)15/h4-10,20H,1-3H3. The molecule has 1 aromatic heterocycles. The number of aromatic nitrogens is 1. The van der Waals surface area contributed by atoms with Gasteiger partial charge >= 0.3 is 0 Å². The zero-order chi connectivity index (χ0) is 15.7. The Labute approximate surface area is 129 Å². The minimum absolute atomic E-state index is 0.273. The normalized spacial score (nSPS) is 10.7. The van der Waals surface area contributed by atoms with E-state index < -0.39 is 0 Å². The Kier molecular flexibility index (Phi) is 3.59. The third-order valence-corrected chi connectivity index (χ3v) is 3.75. The number of pyridine rings is 1. The highest BCUT2D eigenvalue weighted by Crippen LogP contribution is 2.38. The molecule has 2 aromatic carbocycles. The van der Waals surface area contributed by atoms with Crippen LogP contribution in [0.4, 0.5) is 0 Å². The van der Waals surface area contributed by atoms with Crippen LogP contribution in [0.25, 0.3) is 22.0 Å². The molecule has 3 rings (SSSR count). The maximum Gasteiger partial charge on any atom is 0.132 e. The maximum absolute atomic E-state index is 9.98. The molecule has 0 aliphatic rings. The SMILES string of the molecule is COc1cc(OC)c2c(-c3ccc(C)c(O)c3)ccnc2c1. The molecule has 0 amide bonds. The van der Waals surface area contributed by atoms with Gasteiger partial charge in [-0.1, -0.05) is 12.1 Å². The summed E-state index contributed by atoms with van der Waals surface area (Å²) in [5, 5.41) is 10.9. The van der Waals surface area contributed by atoms with Crippen molar-refractivity contribution >= 4 is 10.9 Å². The largest absolute Gasteiger partial charge is 0.508 e. The van der Waals surface area contributed by atoms with Gasteiger partial charge in [0.05, 0.1) is 25.1 Å². The molecular weight excluding hydrogens is 278 g/mol. The highest BCUT2D eigenvalue weighted by molar-refractivity contribution is 5.99. The van der Waals surface area contributed by atoms with Gasteiger partial charge in [-0.2, -0.15) is 0 Å². The number of aryl methyl sites for hydroxylation is 1. The molecule has 0 unspecified atom stereocenters. The van der Waals surface area contributed by atoms with Crippen molar-refractivity contribution in [3.63, 3.8) is 0 Å². The lowest BCUT2D eigenvalue weighted by Gasteiger charge is -2.13. The Balaban J connectivity index is 2.32. The predicted octanol–water partition coefficient (Wildman–Crippen LogP) is 3.93. The van der Waals surface area contributed by atoms with Crippen molar-refractivity contribution < 1.29 is 14.6 Å². The third kappa shape index (κ3) is 2.33. The number of nitrogens with zero attached hydrogens (tertiary/aromatic N) is 1. The smallest absolute Gasteiger partial charge is 0.132 e. The van der Waals surface area contributed by atoms with E-state index in [0.717, 1.165) is 27.6 Å². The molecule has 1 heterocycles. The van der Waals surface area contributed by atoms with E-state index in [9.17, 15) is 5.11 Å². The first-order valence-corrected chi connectivity index (χ1v) is 6.94. The van der Waals surface area contributed by atoms with Crippen molar-refractivity contribution in [2.75, 3.05) is 14.2 Å². The molecular formula is C18H17NO3. The molecule has 0 fully saturated rings. The summed E-state index contributed by atoms with van der Waals surface area (Å²) in [4.78, 5) is 4.40. The van der Waals surface area contributed by atoms with E-state index in [1.807, 2.05) is 37.3 Å². The Morgan fingerprint density at radius 3 is 2.50 bits per heavy atom. The molecule has 0 saturated carbocycles. The van der Waals surface area contributed by atoms with Gasteiger partial charge in [-0.25, -0.2) is 0 Å². The number of phenols is 1. The van der Waals surface area contributed by atoms with E-state index in [-0.39, 0.29) is 5.75 Å². The number of ether oxygens (including phenoxy) is 2. The van der Waals surface area contributed by atoms with Crippen LogP contribution in [0.3, 0.4) is 0 Å². The number of rotatable bonds is 3. The lowest BCUT2D eigenvalue weighted by molar-refractivity contribution is 0.398. The van der Waals surface area contributed by atoms with E-state index in [0.29, 0.717) is 11.5 Å². The molecule has 1 N–H and O–H groups in total. The lowest BCUT2D eigenvalue weighted by Crippen LogP contribution is -1.92. The average molecular weight is 295 g/mol. The molecule has 0 spiro atoms. The van der Waals surface area contributed by atoms with Crippen molar-refractivity contribution in [3.8, 4) is 28.4 Å². The van der Waals surface area contributed by atoms with E-state index in [1.165, 1.54) is 0 Å². The van der Waals surface area contributed by atoms with Crippen LogP contribution in [0, 0.1) is 6.92 Å². The molecule has 0 aliphatic heterocycles. The highest BCUT2D eigenvalue weighted by Gasteiger charge is 2.13. The number of phenolic OH excluding ortho intramolecular Hbond substituents is 1. The summed E-state index contributed by atoms with van der Waals surface area (Å²) in [5.41, 5.74) is 3.50. The van der Waals surface area contributed by atoms with Gasteiger partial charge in [0.15, 0.2) is 0 Å². The third-order valence-electron chi connectivity index (χ3n) is 3.75. The summed E-state index contributed by atoms with van der Waals surface area (Å²) in [6, 6.07) is 11.3. The van der Waals surface area contributed by atoms with Gasteiger partial charge in [-0.15, -0.1) is 0 Å². The fourth-order valence-electron chi connectivity index (χ4n) is 2.52. The topological polar surface area (TPSA) is 51.6 Å². The van der Waals surface area contributed by atoms with Crippen molar-refractivity contribution in [1.29, 1.82) is 0 Å². The van der Waals surface area contributed by atoms with E-state index in [1.54, 1.807) is 26.5 Å². The van der Waals surface area contributed by atoms with E-state index >= 15 is 0 Å². The number of fused-ring (bicyclic) bond motifs is 1. The molecule has 0 atom stereocenters. The summed E-state index contributed by atoms with van der Waals surface area (Å²) in [6.07, 6.45) is 1.74. The molecule has 3 aromatic rings. The molecule has 0 radical (unpaired) electrons. The van der Waals surface area contributed by atoms with Crippen molar-refractivity contribution in [3.05, 3.63) is 48.2 Å². The first-order chi connectivity index (χ1) is 10.6. The molecule has 112 valence electrons. The quantitative estimate of drug-likeness (QED) is 0.795. The van der Waals surface area contributed by atoms with Crippen LogP contribution in [0.1, 0.15) is 5.56 Å². The summed E-state index contributed by atoms with van der Waals surface area (Å²) in [6.45, 7) is 1.87. The zero-order valence-corrected chi connectivity index (χ0v) is 12.8. The molecule has 22 heavy (non-hydrogen) atoms. The highest BCUT2D eigenvalue weighted by atomic mass is 16.5. The summed E-state index contributed by atoms with van der Waals surface area (Å²) < 4.78 is 10.8. The fraction of sp³-hybridized carbons (Fsp3) is 0.167. The Hall–Kier alpha value is -2.75. The van der Waals surface area contributed by atoms with Gasteiger partial charge in [0, 0.05) is 18.3 Å². The minimum atomic E-state index is 0.273. The predicted molar refractivity (Wildman–Crippen MR) is 86.7 cm³/mol. The van der Waals surface area contributed by atoms with Crippen LogP contribution in [0.15, 0.2) is 42.6 Å². The van der Waals surface area contributed by atoms with Gasteiger partial charge in [-0.3, -0.25) is 4.98 Å². The van der Waals surface area contributed by atoms with Crippen molar-refractivity contribution in [1.82, 2.24) is 4.98 Å². The second-order valence-electron chi connectivity index (χ2n) is 5.08. The number of hydrogen-bond acceptors (Lipinski definition) is 4. The zero-order valence-electron chi connectivity index (χ0n) is 12.8. The summed E-state index contributed by atoms with van der Waals surface area (Å²) in [5.74, 6) is 1.66. The van der Waals surface area contributed by atoms with Crippen molar-refractivity contribution in [2.45, 2.75) is 6.92 Å². The Bertz CT molecular complexity index is 843. The lowest BCUT2D eigenvalue weighted by atomic mass is 9.99. The first-order valence-electron chi connectivity index (χ1n) is 6.94. The first kappa shape index (κ1) is 14.2. The number of methoxy groups -OCH3 is 2. The van der Waals surface area contributed by atoms with Gasteiger partial charge in [-0.05, 0) is 35.7 Å². The summed E-state index contributed by atoms with van der Waals surface area (Å²) in [7, 11) is 3.24. The van der Waals surface area contributed by atoms with Gasteiger partial charge in [0.25, 0.3) is 0 Å². The second-order valence-corrected chi connectivity index (χ2v) is 5.08. The Morgan fingerprint density at radius 2 is 1.82 bits per heavy atom. The fourth-order valence-corrected chi connectivity index (χ4v) is 2.52. The van der Waals surface area contributed by atoms with Crippen LogP contribution in [0.5, 0.6) is 17.2 Å². The molecule has 4 heteroatoms. The number of aromatic hydroxyl groups is 1. The minimum Gasteiger partial charge on any atom is -0.508 e. The number of benzene rings is 2. The summed E-state index contributed by atoms with van der Waals surface area (Å²) >= 11 is 0. The van der Waals surface area contributed by atoms with Gasteiger partial charge in [0.1, 0.15) is 17.2 Å². The monoisotopic (exact) mass is 295 g/mol. The maximum atomic E-state index is 9.98. The van der Waals surface area contributed by atoms with Crippen LogP contribution in [-0.4, -0.2) is 24.3 Å². The van der Waals surface area contributed by atoms with Gasteiger partial charge in [0.2, 0.25) is 0 Å². The average Bonchev–Trinajstić information content (AvgIpc) is 2.55. The van der Waals surface area contributed by atoms with E-state index in [2.05, 4.69) is 4.98 Å². The molecule has 4 nitrogen and oxygen atoms in total. The van der Waals surface area contributed by atoms with Crippen LogP contribution in [0.2, 0.25) is 0 Å². The van der Waals surface area contributed by atoms with Crippen LogP contribution in [-0.2, 0) is 0 Å². The van der Waals surface area contributed by atoms with Crippen LogP contribution < -0.4 is 9.47 Å². The van der Waals surface area contributed by atoms with Crippen molar-refractivity contribution in [2.24, 2.45) is 0 Å². The Morgan fingerprint density at radius 1 is 1.00 bits per heavy atom. The molecule has 0 bridgehead atoms.